The molecule has 6 heteroatoms. The van der Waals surface area contributed by atoms with Crippen molar-refractivity contribution in [2.45, 2.75) is 231 Å². The van der Waals surface area contributed by atoms with E-state index in [1.165, 1.54) is 103 Å². The van der Waals surface area contributed by atoms with Crippen molar-refractivity contribution < 1.29 is 24.5 Å². The van der Waals surface area contributed by atoms with Crippen molar-refractivity contribution in [3.05, 3.63) is 48.6 Å². The Morgan fingerprint density at radius 3 is 1.48 bits per heavy atom. The van der Waals surface area contributed by atoms with Gasteiger partial charge in [0.15, 0.2) is 0 Å². The number of nitrogens with one attached hydrogen (secondary N) is 1. The van der Waals surface area contributed by atoms with Gasteiger partial charge in [0.25, 0.3) is 0 Å². The smallest absolute Gasteiger partial charge is 0.305 e. The second kappa shape index (κ2) is 43.5. The predicted molar refractivity (Wildman–Crippen MR) is 232 cm³/mol. The highest BCUT2D eigenvalue weighted by Gasteiger charge is 2.18. The first-order valence-electron chi connectivity index (χ1n) is 22.9. The molecule has 2 unspecified atom stereocenters. The average Bonchev–Trinajstić information content (AvgIpc) is 3.17. The van der Waals surface area contributed by atoms with E-state index < -0.39 is 12.1 Å². The SMILES string of the molecule is CCCC/C=C\C/C=C\CCCCCCCC(=O)OCCCC/C=C\CCCCCCC(=O)NC(CO)C(O)/C=C/CCCCCCCCCCCCC. The lowest BCUT2D eigenvalue weighted by atomic mass is 10.0. The maximum atomic E-state index is 12.4. The number of hydrogen-bond acceptors (Lipinski definition) is 5. The minimum atomic E-state index is -0.866. The minimum absolute atomic E-state index is 0.0545. The van der Waals surface area contributed by atoms with Gasteiger partial charge in [-0.2, -0.15) is 0 Å². The summed E-state index contributed by atoms with van der Waals surface area (Å²) in [6, 6.07) is -0.654. The van der Waals surface area contributed by atoms with Gasteiger partial charge in [-0.1, -0.05) is 172 Å². The molecule has 0 aromatic heterocycles. The molecule has 0 aromatic rings. The van der Waals surface area contributed by atoms with E-state index in [9.17, 15) is 19.8 Å². The zero-order valence-corrected chi connectivity index (χ0v) is 35.4. The first-order valence-corrected chi connectivity index (χ1v) is 22.9. The number of rotatable bonds is 41. The molecule has 1 amide bonds. The van der Waals surface area contributed by atoms with Crippen LogP contribution in [-0.2, 0) is 14.3 Å². The fraction of sp³-hybridized carbons (Fsp3) is 0.792. The van der Waals surface area contributed by atoms with Crippen molar-refractivity contribution in [2.24, 2.45) is 0 Å². The fourth-order valence-electron chi connectivity index (χ4n) is 6.46. The molecule has 0 saturated carbocycles. The van der Waals surface area contributed by atoms with Gasteiger partial charge in [0.2, 0.25) is 5.91 Å². The van der Waals surface area contributed by atoms with Gasteiger partial charge in [-0.05, 0) is 83.5 Å². The summed E-state index contributed by atoms with van der Waals surface area (Å²) in [5, 5.41) is 22.9. The molecule has 6 nitrogen and oxygen atoms in total. The number of ether oxygens (including phenoxy) is 1. The molecular weight excluding hydrogens is 671 g/mol. The van der Waals surface area contributed by atoms with Crippen LogP contribution in [0.15, 0.2) is 48.6 Å². The molecule has 0 aliphatic carbocycles. The van der Waals surface area contributed by atoms with Gasteiger partial charge in [0.1, 0.15) is 0 Å². The van der Waals surface area contributed by atoms with Crippen LogP contribution in [0.3, 0.4) is 0 Å². The van der Waals surface area contributed by atoms with E-state index >= 15 is 0 Å². The van der Waals surface area contributed by atoms with Crippen LogP contribution < -0.4 is 5.32 Å². The number of unbranched alkanes of at least 4 members (excludes halogenated alkanes) is 24. The number of aliphatic hydroxyl groups excluding tert-OH is 2. The lowest BCUT2D eigenvalue weighted by Gasteiger charge is -2.20. The molecular formula is C48H87NO5. The quantitative estimate of drug-likeness (QED) is 0.0328. The maximum Gasteiger partial charge on any atom is 0.305 e. The predicted octanol–water partition coefficient (Wildman–Crippen LogP) is 13.1. The van der Waals surface area contributed by atoms with E-state index in [0.29, 0.717) is 19.4 Å². The standard InChI is InChI=1S/C48H87NO5/c1-3-5-7-9-11-13-15-17-19-21-26-30-34-38-42-48(53)54-43-39-35-31-27-23-22-25-29-33-37-41-47(52)49-45(44-50)46(51)40-36-32-28-24-20-18-16-14-12-10-8-6-4-2/h9,11,15,17,23,27,36,40,45-46,50-51H,3-8,10,12-14,16,18-22,24-26,28-35,37-39,41-44H2,1-2H3,(H,49,52)/b11-9-,17-15-,27-23-,40-36+. The minimum Gasteiger partial charge on any atom is -0.466 e. The Kier molecular flexibility index (Phi) is 41.8. The van der Waals surface area contributed by atoms with Gasteiger partial charge in [-0.25, -0.2) is 0 Å². The van der Waals surface area contributed by atoms with Crippen LogP contribution in [0, 0.1) is 0 Å². The molecule has 0 aromatic carbocycles. The number of amides is 1. The Morgan fingerprint density at radius 2 is 0.944 bits per heavy atom. The summed E-state index contributed by atoms with van der Waals surface area (Å²) in [4.78, 5) is 24.4. The second-order valence-corrected chi connectivity index (χ2v) is 15.4. The summed E-state index contributed by atoms with van der Waals surface area (Å²) in [6.45, 7) is 4.74. The summed E-state index contributed by atoms with van der Waals surface area (Å²) in [5.41, 5.74) is 0. The molecule has 0 heterocycles. The van der Waals surface area contributed by atoms with Crippen LogP contribution in [0.25, 0.3) is 0 Å². The molecule has 2 atom stereocenters. The molecule has 3 N–H and O–H groups in total. The van der Waals surface area contributed by atoms with Crippen molar-refractivity contribution in [2.75, 3.05) is 13.2 Å². The Labute approximate surface area is 334 Å². The van der Waals surface area contributed by atoms with E-state index in [2.05, 4.69) is 55.6 Å². The van der Waals surface area contributed by atoms with Crippen LogP contribution in [0.1, 0.15) is 219 Å². The number of carbonyl (C=O) groups excluding carboxylic acids is 2. The monoisotopic (exact) mass is 758 g/mol. The molecule has 54 heavy (non-hydrogen) atoms. The van der Waals surface area contributed by atoms with Crippen molar-refractivity contribution >= 4 is 11.9 Å². The fourth-order valence-corrected chi connectivity index (χ4v) is 6.46. The first kappa shape index (κ1) is 51.8. The summed E-state index contributed by atoms with van der Waals surface area (Å²) in [6.07, 6.45) is 52.4. The molecule has 0 bridgehead atoms. The van der Waals surface area contributed by atoms with Gasteiger partial charge < -0.3 is 20.3 Å². The normalized spacial score (nSPS) is 13.2. The van der Waals surface area contributed by atoms with E-state index in [1.807, 2.05) is 6.08 Å². The van der Waals surface area contributed by atoms with E-state index in [0.717, 1.165) is 89.9 Å². The molecule has 0 rings (SSSR count). The first-order chi connectivity index (χ1) is 26.5. The third-order valence-electron chi connectivity index (χ3n) is 10.1. The van der Waals surface area contributed by atoms with Crippen molar-refractivity contribution in [1.29, 1.82) is 0 Å². The highest BCUT2D eigenvalue weighted by molar-refractivity contribution is 5.76. The van der Waals surface area contributed by atoms with Gasteiger partial charge in [-0.15, -0.1) is 0 Å². The Morgan fingerprint density at radius 1 is 0.519 bits per heavy atom. The average molecular weight is 758 g/mol. The van der Waals surface area contributed by atoms with E-state index in [4.69, 9.17) is 4.74 Å². The van der Waals surface area contributed by atoms with Gasteiger partial charge in [0, 0.05) is 12.8 Å². The molecule has 0 aliphatic heterocycles. The number of carbonyl (C=O) groups is 2. The van der Waals surface area contributed by atoms with Crippen LogP contribution in [-0.4, -0.2) is 47.4 Å². The van der Waals surface area contributed by atoms with Crippen molar-refractivity contribution in [1.82, 2.24) is 5.32 Å². The van der Waals surface area contributed by atoms with Crippen molar-refractivity contribution in [3.63, 3.8) is 0 Å². The maximum absolute atomic E-state index is 12.4. The van der Waals surface area contributed by atoms with Gasteiger partial charge in [-0.3, -0.25) is 9.59 Å². The van der Waals surface area contributed by atoms with Gasteiger partial charge in [0.05, 0.1) is 25.4 Å². The number of aliphatic hydroxyl groups is 2. The lowest BCUT2D eigenvalue weighted by Crippen LogP contribution is -2.45. The summed E-state index contributed by atoms with van der Waals surface area (Å²) in [5.74, 6) is -0.162. The molecule has 0 aliphatic rings. The Hall–Kier alpha value is -2.18. The van der Waals surface area contributed by atoms with Crippen LogP contribution in [0.4, 0.5) is 0 Å². The summed E-state index contributed by atoms with van der Waals surface area (Å²) < 4.78 is 5.41. The van der Waals surface area contributed by atoms with E-state index in [-0.39, 0.29) is 18.5 Å². The largest absolute Gasteiger partial charge is 0.466 e. The number of esters is 1. The van der Waals surface area contributed by atoms with Crippen LogP contribution in [0.5, 0.6) is 0 Å². The molecule has 0 radical (unpaired) electrons. The van der Waals surface area contributed by atoms with Crippen molar-refractivity contribution in [3.8, 4) is 0 Å². The molecule has 0 fully saturated rings. The van der Waals surface area contributed by atoms with Crippen LogP contribution in [0.2, 0.25) is 0 Å². The Bertz CT molecular complexity index is 926. The number of allylic oxidation sites excluding steroid dienone is 7. The molecule has 0 saturated heterocycles. The number of hydrogen-bond donors (Lipinski definition) is 3. The zero-order valence-electron chi connectivity index (χ0n) is 35.4. The highest BCUT2D eigenvalue weighted by atomic mass is 16.5. The zero-order chi connectivity index (χ0) is 39.4. The highest BCUT2D eigenvalue weighted by Crippen LogP contribution is 2.13. The topological polar surface area (TPSA) is 95.9 Å². The lowest BCUT2D eigenvalue weighted by molar-refractivity contribution is -0.143. The van der Waals surface area contributed by atoms with E-state index in [1.54, 1.807) is 6.08 Å². The van der Waals surface area contributed by atoms with Gasteiger partial charge >= 0.3 is 5.97 Å². The molecule has 0 spiro atoms. The van der Waals surface area contributed by atoms with Crippen LogP contribution >= 0.6 is 0 Å². The summed E-state index contributed by atoms with van der Waals surface area (Å²) in [7, 11) is 0. The summed E-state index contributed by atoms with van der Waals surface area (Å²) >= 11 is 0. The third-order valence-corrected chi connectivity index (χ3v) is 10.1. The second-order valence-electron chi connectivity index (χ2n) is 15.4. The third kappa shape index (κ3) is 39.5. The Balaban J connectivity index is 3.61. The molecule has 314 valence electrons.